The van der Waals surface area contributed by atoms with Crippen LogP contribution in [0.1, 0.15) is 38.8 Å². The molecule has 0 spiro atoms. The smallest absolute Gasteiger partial charge is 0.416 e. The summed E-state index contributed by atoms with van der Waals surface area (Å²) in [7, 11) is 0. The number of anilines is 2. The zero-order chi connectivity index (χ0) is 38.8. The predicted octanol–water partition coefficient (Wildman–Crippen LogP) is 6.16. The molecule has 0 heterocycles. The van der Waals surface area contributed by atoms with Gasteiger partial charge in [0.2, 0.25) is 5.96 Å². The molecule has 12 nitrogen and oxygen atoms in total. The highest BCUT2D eigenvalue weighted by atomic mass is 19.4. The molecule has 284 valence electrons. The molecule has 0 atom stereocenters. The number of phenolic OH excluding ortho intramolecular Hbond substituents is 1. The number of guanidine groups is 1. The molecule has 15 heteroatoms. The molecular formula is C39H42F3N7O5. The van der Waals surface area contributed by atoms with Crippen LogP contribution in [0.3, 0.4) is 0 Å². The van der Waals surface area contributed by atoms with Crippen molar-refractivity contribution in [3.05, 3.63) is 138 Å². The number of halogens is 3. The predicted molar refractivity (Wildman–Crippen MR) is 203 cm³/mol. The number of phenols is 1. The molecule has 0 radical (unpaired) electrons. The van der Waals surface area contributed by atoms with Crippen molar-refractivity contribution in [2.75, 3.05) is 50.2 Å². The molecule has 4 aromatic carbocycles. The zero-order valence-electron chi connectivity index (χ0n) is 29.6. The number of alkyl halides is 3. The van der Waals surface area contributed by atoms with Gasteiger partial charge in [0.25, 0.3) is 11.8 Å². The van der Waals surface area contributed by atoms with Crippen LogP contribution in [-0.4, -0.2) is 68.2 Å². The number of hydrogen-bond acceptors (Lipinski definition) is 7. The molecule has 0 aliphatic carbocycles. The summed E-state index contributed by atoms with van der Waals surface area (Å²) in [4.78, 5) is 33.7. The molecule has 4 aromatic rings. The van der Waals surface area contributed by atoms with Crippen molar-refractivity contribution in [3.8, 4) is 5.75 Å². The fraction of sp³-hybridized carbons (Fsp3) is 0.231. The molecule has 0 fully saturated rings. The van der Waals surface area contributed by atoms with E-state index in [0.29, 0.717) is 79.2 Å². The van der Waals surface area contributed by atoms with E-state index in [-0.39, 0.29) is 30.1 Å². The second-order valence-electron chi connectivity index (χ2n) is 11.6. The fourth-order valence-electron chi connectivity index (χ4n) is 4.64. The van der Waals surface area contributed by atoms with Gasteiger partial charge in [0.1, 0.15) is 17.4 Å². The summed E-state index contributed by atoms with van der Waals surface area (Å²) >= 11 is 0. The van der Waals surface area contributed by atoms with Gasteiger partial charge in [0.15, 0.2) is 0 Å². The van der Waals surface area contributed by atoms with Gasteiger partial charge in [0.05, 0.1) is 38.5 Å². The van der Waals surface area contributed by atoms with E-state index < -0.39 is 11.7 Å². The molecule has 0 aliphatic heterocycles. The maximum absolute atomic E-state index is 12.8. The Balaban J connectivity index is 1.21. The van der Waals surface area contributed by atoms with Crippen LogP contribution in [0.2, 0.25) is 0 Å². The number of amidine groups is 1. The highest BCUT2D eigenvalue weighted by molar-refractivity contribution is 6.02. The van der Waals surface area contributed by atoms with Crippen LogP contribution in [-0.2, 0) is 22.2 Å². The Kier molecular flexibility index (Phi) is 15.6. The summed E-state index contributed by atoms with van der Waals surface area (Å²) in [6, 6.07) is 26.5. The second-order valence-corrected chi connectivity index (χ2v) is 11.6. The standard InChI is InChI=1S/C39H42F3N7O5/c1-27(43-20-22-53-24-25-54-23-21-44-36(51)30-6-4-3-5-7-30)47-38(49-34-16-18-35(50)19-17-34)48-28(2)46-33-14-10-31(11-15-33)37(52)45-26-29-8-12-32(13-9-29)39(40,41)42/h3-19,46,50H,2,20-26H2,1H3,(H,44,51)(H,45,52)(H2,43,47,48,49). The SMILES string of the molecule is C=C(NC(=NC(C)=NCCOCCOCCNC(=O)c1ccccc1)Nc1ccc(O)cc1)Nc1ccc(C(=O)NCc2ccc(C(F)(F)F)cc2)cc1. The lowest BCUT2D eigenvalue weighted by molar-refractivity contribution is -0.137. The number of nitrogens with one attached hydrogen (secondary N) is 5. The van der Waals surface area contributed by atoms with Crippen LogP contribution in [0.15, 0.2) is 126 Å². The molecule has 4 rings (SSSR count). The van der Waals surface area contributed by atoms with Crippen molar-refractivity contribution in [1.82, 2.24) is 16.0 Å². The quantitative estimate of drug-likeness (QED) is 0.0325. The summed E-state index contributed by atoms with van der Waals surface area (Å²) < 4.78 is 49.5. The van der Waals surface area contributed by atoms with Gasteiger partial charge in [-0.1, -0.05) is 36.9 Å². The lowest BCUT2D eigenvalue weighted by Crippen LogP contribution is -2.33. The minimum Gasteiger partial charge on any atom is -0.508 e. The molecule has 0 saturated carbocycles. The molecule has 0 aliphatic rings. The average Bonchev–Trinajstić information content (AvgIpc) is 3.15. The van der Waals surface area contributed by atoms with Crippen molar-refractivity contribution < 1.29 is 37.3 Å². The largest absolute Gasteiger partial charge is 0.508 e. The van der Waals surface area contributed by atoms with Gasteiger partial charge in [-0.15, -0.1) is 0 Å². The van der Waals surface area contributed by atoms with Crippen LogP contribution in [0, 0.1) is 0 Å². The third kappa shape index (κ3) is 14.4. The van der Waals surface area contributed by atoms with Gasteiger partial charge in [0, 0.05) is 35.6 Å². The maximum atomic E-state index is 12.8. The van der Waals surface area contributed by atoms with Crippen LogP contribution < -0.4 is 26.6 Å². The number of aliphatic imine (C=N–C) groups is 2. The Morgan fingerprint density at radius 1 is 0.741 bits per heavy atom. The Morgan fingerprint density at radius 3 is 2.00 bits per heavy atom. The molecule has 6 N–H and O–H groups in total. The van der Waals surface area contributed by atoms with Gasteiger partial charge in [-0.3, -0.25) is 14.6 Å². The summed E-state index contributed by atoms with van der Waals surface area (Å²) in [5.41, 5.74) is 1.97. The van der Waals surface area contributed by atoms with Crippen LogP contribution in [0.25, 0.3) is 0 Å². The summed E-state index contributed by atoms with van der Waals surface area (Å²) in [6.45, 7) is 7.96. The number of rotatable bonds is 17. The monoisotopic (exact) mass is 745 g/mol. The Labute approximate surface area is 311 Å². The van der Waals surface area contributed by atoms with Crippen molar-refractivity contribution in [2.24, 2.45) is 9.98 Å². The van der Waals surface area contributed by atoms with Crippen LogP contribution in [0.5, 0.6) is 5.75 Å². The van der Waals surface area contributed by atoms with Crippen molar-refractivity contribution >= 4 is 35.0 Å². The minimum absolute atomic E-state index is 0.0672. The van der Waals surface area contributed by atoms with E-state index in [1.54, 1.807) is 67.6 Å². The summed E-state index contributed by atoms with van der Waals surface area (Å²) in [5, 5.41) is 24.5. The Morgan fingerprint density at radius 2 is 1.33 bits per heavy atom. The summed E-state index contributed by atoms with van der Waals surface area (Å²) in [5.74, 6) is 0.632. The number of nitrogens with zero attached hydrogens (tertiary/aromatic N) is 2. The number of amides is 2. The van der Waals surface area contributed by atoms with E-state index in [4.69, 9.17) is 9.47 Å². The van der Waals surface area contributed by atoms with E-state index in [9.17, 15) is 27.9 Å². The highest BCUT2D eigenvalue weighted by Gasteiger charge is 2.29. The van der Waals surface area contributed by atoms with Crippen LogP contribution >= 0.6 is 0 Å². The topological polar surface area (TPSA) is 158 Å². The highest BCUT2D eigenvalue weighted by Crippen LogP contribution is 2.29. The number of carbonyl (C=O) groups excluding carboxylic acids is 2. The lowest BCUT2D eigenvalue weighted by atomic mass is 10.1. The third-order valence-corrected chi connectivity index (χ3v) is 7.37. The molecule has 54 heavy (non-hydrogen) atoms. The number of aromatic hydroxyl groups is 1. The maximum Gasteiger partial charge on any atom is 0.416 e. The van der Waals surface area contributed by atoms with E-state index in [2.05, 4.69) is 43.1 Å². The number of carbonyl (C=O) groups is 2. The molecule has 0 aromatic heterocycles. The van der Waals surface area contributed by atoms with Gasteiger partial charge in [-0.05, 0) is 85.3 Å². The lowest BCUT2D eigenvalue weighted by Gasteiger charge is -2.16. The normalized spacial score (nSPS) is 11.8. The Bertz CT molecular complexity index is 1870. The van der Waals surface area contributed by atoms with E-state index in [1.165, 1.54) is 24.3 Å². The molecular weight excluding hydrogens is 703 g/mol. The van der Waals surface area contributed by atoms with Gasteiger partial charge >= 0.3 is 6.18 Å². The molecule has 0 unspecified atom stereocenters. The first-order chi connectivity index (χ1) is 26.0. The van der Waals surface area contributed by atoms with E-state index in [0.717, 1.165) is 12.1 Å². The van der Waals surface area contributed by atoms with Gasteiger partial charge < -0.3 is 41.2 Å². The molecule has 0 bridgehead atoms. The first kappa shape index (κ1) is 40.6. The minimum atomic E-state index is -4.43. The first-order valence-corrected chi connectivity index (χ1v) is 16.9. The van der Waals surface area contributed by atoms with Crippen LogP contribution in [0.4, 0.5) is 24.5 Å². The fourth-order valence-corrected chi connectivity index (χ4v) is 4.64. The average molecular weight is 746 g/mol. The molecule has 2 amide bonds. The summed E-state index contributed by atoms with van der Waals surface area (Å²) in [6.07, 6.45) is -4.43. The Hall–Kier alpha value is -6.19. The van der Waals surface area contributed by atoms with E-state index >= 15 is 0 Å². The van der Waals surface area contributed by atoms with Gasteiger partial charge in [-0.25, -0.2) is 4.99 Å². The van der Waals surface area contributed by atoms with Crippen molar-refractivity contribution in [3.63, 3.8) is 0 Å². The van der Waals surface area contributed by atoms with E-state index in [1.807, 2.05) is 6.07 Å². The van der Waals surface area contributed by atoms with Gasteiger partial charge in [-0.2, -0.15) is 13.2 Å². The number of hydrogen-bond donors (Lipinski definition) is 6. The zero-order valence-corrected chi connectivity index (χ0v) is 29.6. The van der Waals surface area contributed by atoms with Crippen molar-refractivity contribution in [1.29, 1.82) is 0 Å². The first-order valence-electron chi connectivity index (χ1n) is 16.9. The van der Waals surface area contributed by atoms with Crippen molar-refractivity contribution in [2.45, 2.75) is 19.6 Å². The number of ether oxygens (including phenoxy) is 2. The second kappa shape index (κ2) is 20.7. The molecule has 0 saturated heterocycles. The third-order valence-electron chi connectivity index (χ3n) is 7.37. The number of benzene rings is 4.